The summed E-state index contributed by atoms with van der Waals surface area (Å²) in [6.07, 6.45) is -0.481. The van der Waals surface area contributed by atoms with E-state index in [1.807, 2.05) is 0 Å². The van der Waals surface area contributed by atoms with Crippen LogP contribution in [-0.2, 0) is 4.74 Å². The van der Waals surface area contributed by atoms with Crippen LogP contribution in [0.4, 0.5) is 14.9 Å². The van der Waals surface area contributed by atoms with Gasteiger partial charge in [-0.15, -0.1) is 0 Å². The SMILES string of the molecule is CC(C)(C)OC(=O)NCCNc1ccc(Br)cc1F. The van der Waals surface area contributed by atoms with Crippen LogP contribution in [0.3, 0.4) is 0 Å². The number of nitrogens with one attached hydrogen (secondary N) is 2. The summed E-state index contributed by atoms with van der Waals surface area (Å²) in [5.41, 5.74) is -0.121. The summed E-state index contributed by atoms with van der Waals surface area (Å²) in [6.45, 7) is 6.15. The highest BCUT2D eigenvalue weighted by Gasteiger charge is 2.15. The Balaban J connectivity index is 2.29. The number of ether oxygens (including phenoxy) is 1. The van der Waals surface area contributed by atoms with Gasteiger partial charge in [0.15, 0.2) is 0 Å². The van der Waals surface area contributed by atoms with E-state index >= 15 is 0 Å². The standard InChI is InChI=1S/C13H18BrFN2O2/c1-13(2,3)19-12(18)17-7-6-16-11-5-4-9(14)8-10(11)15/h4-5,8,16H,6-7H2,1-3H3,(H,17,18). The molecule has 0 aliphatic heterocycles. The fraction of sp³-hybridized carbons (Fsp3) is 0.462. The summed E-state index contributed by atoms with van der Waals surface area (Å²) in [4.78, 5) is 11.3. The van der Waals surface area contributed by atoms with Gasteiger partial charge < -0.3 is 15.4 Å². The summed E-state index contributed by atoms with van der Waals surface area (Å²) < 4.78 is 19.2. The lowest BCUT2D eigenvalue weighted by atomic mass is 10.2. The number of rotatable bonds is 4. The van der Waals surface area contributed by atoms with Crippen LogP contribution in [0, 0.1) is 5.82 Å². The predicted molar refractivity (Wildman–Crippen MR) is 76.8 cm³/mol. The quantitative estimate of drug-likeness (QED) is 0.829. The third-order valence-electron chi connectivity index (χ3n) is 2.04. The van der Waals surface area contributed by atoms with E-state index < -0.39 is 11.7 Å². The van der Waals surface area contributed by atoms with Crippen molar-refractivity contribution in [3.63, 3.8) is 0 Å². The summed E-state index contributed by atoms with van der Waals surface area (Å²) >= 11 is 3.18. The Hall–Kier alpha value is -1.30. The minimum Gasteiger partial charge on any atom is -0.444 e. The number of carbonyl (C=O) groups excluding carboxylic acids is 1. The van der Waals surface area contributed by atoms with E-state index in [-0.39, 0.29) is 5.82 Å². The second-order valence-electron chi connectivity index (χ2n) is 4.98. The number of hydrogen-bond donors (Lipinski definition) is 2. The van der Waals surface area contributed by atoms with E-state index in [0.717, 1.165) is 0 Å². The van der Waals surface area contributed by atoms with Gasteiger partial charge in [-0.3, -0.25) is 0 Å². The average Bonchev–Trinajstić information content (AvgIpc) is 2.24. The van der Waals surface area contributed by atoms with Gasteiger partial charge in [-0.1, -0.05) is 15.9 Å². The van der Waals surface area contributed by atoms with E-state index in [9.17, 15) is 9.18 Å². The molecule has 4 nitrogen and oxygen atoms in total. The Morgan fingerprint density at radius 2 is 2.05 bits per heavy atom. The Kier molecular flexibility index (Phi) is 5.60. The van der Waals surface area contributed by atoms with E-state index in [2.05, 4.69) is 26.6 Å². The molecule has 0 saturated carbocycles. The molecule has 2 N–H and O–H groups in total. The number of amides is 1. The van der Waals surface area contributed by atoms with Gasteiger partial charge in [0.25, 0.3) is 0 Å². The minimum absolute atomic E-state index is 0.341. The lowest BCUT2D eigenvalue weighted by Crippen LogP contribution is -2.35. The van der Waals surface area contributed by atoms with Gasteiger partial charge in [-0.05, 0) is 39.0 Å². The van der Waals surface area contributed by atoms with Crippen LogP contribution < -0.4 is 10.6 Å². The summed E-state index contributed by atoms with van der Waals surface area (Å²) in [5.74, 6) is -0.341. The summed E-state index contributed by atoms with van der Waals surface area (Å²) in [5, 5.41) is 5.48. The van der Waals surface area contributed by atoms with Crippen LogP contribution in [0.15, 0.2) is 22.7 Å². The Morgan fingerprint density at radius 1 is 1.37 bits per heavy atom. The van der Waals surface area contributed by atoms with Crippen molar-refractivity contribution in [3.8, 4) is 0 Å². The largest absolute Gasteiger partial charge is 0.444 e. The maximum Gasteiger partial charge on any atom is 0.407 e. The molecule has 19 heavy (non-hydrogen) atoms. The van der Waals surface area contributed by atoms with E-state index in [0.29, 0.717) is 23.2 Å². The first kappa shape index (κ1) is 15.8. The molecule has 1 aromatic carbocycles. The van der Waals surface area contributed by atoms with Gasteiger partial charge in [0.05, 0.1) is 5.69 Å². The Morgan fingerprint density at radius 3 is 2.63 bits per heavy atom. The van der Waals surface area contributed by atoms with E-state index in [1.54, 1.807) is 32.9 Å². The van der Waals surface area contributed by atoms with Crippen molar-refractivity contribution >= 4 is 27.7 Å². The lowest BCUT2D eigenvalue weighted by molar-refractivity contribution is 0.0530. The van der Waals surface area contributed by atoms with Crippen molar-refractivity contribution in [2.75, 3.05) is 18.4 Å². The van der Waals surface area contributed by atoms with Crippen molar-refractivity contribution in [1.29, 1.82) is 0 Å². The monoisotopic (exact) mass is 332 g/mol. The molecule has 0 atom stereocenters. The van der Waals surface area contributed by atoms with Crippen LogP contribution in [0.1, 0.15) is 20.8 Å². The molecule has 106 valence electrons. The van der Waals surface area contributed by atoms with Crippen LogP contribution in [-0.4, -0.2) is 24.8 Å². The molecule has 1 rings (SSSR count). The first-order chi connectivity index (χ1) is 8.78. The molecule has 0 aliphatic carbocycles. The van der Waals surface area contributed by atoms with Gasteiger partial charge in [0.1, 0.15) is 11.4 Å². The zero-order valence-corrected chi connectivity index (χ0v) is 12.8. The van der Waals surface area contributed by atoms with Crippen LogP contribution >= 0.6 is 15.9 Å². The molecule has 0 fully saturated rings. The average molecular weight is 333 g/mol. The van der Waals surface area contributed by atoms with Crippen LogP contribution in [0.5, 0.6) is 0 Å². The first-order valence-corrected chi connectivity index (χ1v) is 6.73. The molecule has 0 unspecified atom stereocenters. The van der Waals surface area contributed by atoms with Gasteiger partial charge in [0.2, 0.25) is 0 Å². The highest BCUT2D eigenvalue weighted by molar-refractivity contribution is 9.10. The van der Waals surface area contributed by atoms with Gasteiger partial charge in [-0.2, -0.15) is 0 Å². The summed E-state index contributed by atoms with van der Waals surface area (Å²) in [6, 6.07) is 4.75. The maximum absolute atomic E-state index is 13.5. The number of hydrogen-bond acceptors (Lipinski definition) is 3. The minimum atomic E-state index is -0.519. The highest BCUT2D eigenvalue weighted by atomic mass is 79.9. The number of carbonyl (C=O) groups is 1. The van der Waals surface area contributed by atoms with Crippen molar-refractivity contribution < 1.29 is 13.9 Å². The predicted octanol–water partition coefficient (Wildman–Crippen LogP) is 3.52. The zero-order chi connectivity index (χ0) is 14.5. The molecule has 1 aromatic rings. The third kappa shape index (κ3) is 6.42. The maximum atomic E-state index is 13.5. The normalized spacial score (nSPS) is 11.0. The van der Waals surface area contributed by atoms with Crippen molar-refractivity contribution in [2.24, 2.45) is 0 Å². The topological polar surface area (TPSA) is 50.4 Å². The Bertz CT molecular complexity index is 447. The van der Waals surface area contributed by atoms with Crippen molar-refractivity contribution in [3.05, 3.63) is 28.5 Å². The molecule has 1 amide bonds. The van der Waals surface area contributed by atoms with Crippen molar-refractivity contribution in [1.82, 2.24) is 5.32 Å². The van der Waals surface area contributed by atoms with Crippen LogP contribution in [0.25, 0.3) is 0 Å². The van der Waals surface area contributed by atoms with E-state index in [4.69, 9.17) is 4.74 Å². The number of alkyl carbamates (subject to hydrolysis) is 1. The number of halogens is 2. The fourth-order valence-electron chi connectivity index (χ4n) is 1.31. The summed E-state index contributed by atoms with van der Waals surface area (Å²) in [7, 11) is 0. The second-order valence-corrected chi connectivity index (χ2v) is 5.90. The second kappa shape index (κ2) is 6.75. The number of anilines is 1. The fourth-order valence-corrected chi connectivity index (χ4v) is 1.64. The third-order valence-corrected chi connectivity index (χ3v) is 2.53. The van der Waals surface area contributed by atoms with Gasteiger partial charge >= 0.3 is 6.09 Å². The molecule has 0 heterocycles. The first-order valence-electron chi connectivity index (χ1n) is 5.94. The Labute approximate surface area is 120 Å². The molecule has 0 aliphatic rings. The van der Waals surface area contributed by atoms with Gasteiger partial charge in [-0.25, -0.2) is 9.18 Å². The molecule has 0 radical (unpaired) electrons. The zero-order valence-electron chi connectivity index (χ0n) is 11.2. The molecular weight excluding hydrogens is 315 g/mol. The van der Waals surface area contributed by atoms with Crippen LogP contribution in [0.2, 0.25) is 0 Å². The molecular formula is C13H18BrFN2O2. The molecule has 0 spiro atoms. The smallest absolute Gasteiger partial charge is 0.407 e. The highest BCUT2D eigenvalue weighted by Crippen LogP contribution is 2.18. The number of benzene rings is 1. The lowest BCUT2D eigenvalue weighted by Gasteiger charge is -2.19. The molecule has 6 heteroatoms. The molecule has 0 saturated heterocycles. The molecule has 0 bridgehead atoms. The van der Waals surface area contributed by atoms with Gasteiger partial charge in [0, 0.05) is 17.6 Å². The molecule has 0 aromatic heterocycles. The van der Waals surface area contributed by atoms with E-state index in [1.165, 1.54) is 6.07 Å². The van der Waals surface area contributed by atoms with Crippen molar-refractivity contribution in [2.45, 2.75) is 26.4 Å².